The molecule has 1 fully saturated rings. The van der Waals surface area contributed by atoms with E-state index in [0.29, 0.717) is 12.2 Å². The maximum atomic E-state index is 12.9. The number of pyridine rings is 3. The highest BCUT2D eigenvalue weighted by Crippen LogP contribution is 2.34. The Morgan fingerprint density at radius 3 is 2.71 bits per heavy atom. The van der Waals surface area contributed by atoms with Crippen LogP contribution < -0.4 is 5.32 Å². The van der Waals surface area contributed by atoms with Crippen molar-refractivity contribution in [1.29, 1.82) is 0 Å². The molecule has 120 valence electrons. The highest BCUT2D eigenvalue weighted by atomic mass is 19.1. The van der Waals surface area contributed by atoms with Gasteiger partial charge in [0.2, 0.25) is 5.91 Å². The van der Waals surface area contributed by atoms with Crippen LogP contribution >= 0.6 is 0 Å². The van der Waals surface area contributed by atoms with Crippen molar-refractivity contribution in [3.05, 3.63) is 48.5 Å². The number of hydrogen-bond acceptors (Lipinski definition) is 4. The highest BCUT2D eigenvalue weighted by molar-refractivity contribution is 5.96. The van der Waals surface area contributed by atoms with E-state index in [4.69, 9.17) is 0 Å². The van der Waals surface area contributed by atoms with E-state index in [1.807, 2.05) is 19.1 Å². The largest absolute Gasteiger partial charge is 0.310 e. The summed E-state index contributed by atoms with van der Waals surface area (Å²) in [6.45, 7) is 2.01. The summed E-state index contributed by atoms with van der Waals surface area (Å²) in [5, 5.41) is 4.43. The molecule has 1 amide bonds. The molecule has 0 unspecified atom stereocenters. The van der Waals surface area contributed by atoms with Crippen molar-refractivity contribution in [2.45, 2.75) is 19.5 Å². The van der Waals surface area contributed by atoms with Gasteiger partial charge in [0.05, 0.1) is 11.6 Å². The number of hydrogen-bond donors (Lipinski definition) is 1. The molecule has 6 heteroatoms. The number of aryl methyl sites for hydroxylation is 1. The topological polar surface area (TPSA) is 67.8 Å². The minimum Gasteiger partial charge on any atom is -0.310 e. The van der Waals surface area contributed by atoms with E-state index in [1.54, 1.807) is 30.9 Å². The zero-order chi connectivity index (χ0) is 16.7. The summed E-state index contributed by atoms with van der Waals surface area (Å²) < 4.78 is 12.9. The molecule has 1 aliphatic rings. The van der Waals surface area contributed by atoms with Crippen LogP contribution in [-0.2, 0) is 4.79 Å². The highest BCUT2D eigenvalue weighted by Gasteiger charge is 2.43. The molecule has 0 aliphatic heterocycles. The summed E-state index contributed by atoms with van der Waals surface area (Å²) in [6.07, 6.45) is 6.24. The Labute approximate surface area is 138 Å². The number of halogens is 1. The Morgan fingerprint density at radius 2 is 1.96 bits per heavy atom. The third-order valence-corrected chi connectivity index (χ3v) is 4.22. The molecule has 0 spiro atoms. The van der Waals surface area contributed by atoms with E-state index in [-0.39, 0.29) is 5.91 Å². The Hall–Kier alpha value is -2.89. The average Bonchev–Trinajstić information content (AvgIpc) is 3.32. The van der Waals surface area contributed by atoms with Gasteiger partial charge in [-0.05, 0) is 37.1 Å². The van der Waals surface area contributed by atoms with Gasteiger partial charge in [-0.1, -0.05) is 0 Å². The fraction of sp³-hybridized carbons (Fsp3) is 0.222. The quantitative estimate of drug-likeness (QED) is 0.803. The fourth-order valence-electron chi connectivity index (χ4n) is 2.64. The van der Waals surface area contributed by atoms with Crippen molar-refractivity contribution in [2.75, 3.05) is 5.32 Å². The number of carbonyl (C=O) groups excluding carboxylic acids is 1. The van der Waals surface area contributed by atoms with Crippen LogP contribution in [0.3, 0.4) is 0 Å². The first-order valence-corrected chi connectivity index (χ1v) is 7.73. The molecule has 0 bridgehead atoms. The first-order valence-electron chi connectivity index (χ1n) is 7.73. The number of nitrogens with zero attached hydrogens (tertiary/aromatic N) is 3. The molecule has 1 N–H and O–H groups in total. The Balaban J connectivity index is 1.63. The molecule has 1 aliphatic carbocycles. The number of rotatable bonds is 3. The first-order chi connectivity index (χ1) is 11.6. The first kappa shape index (κ1) is 14.7. The monoisotopic (exact) mass is 322 g/mol. The number of nitrogens with one attached hydrogen (secondary N) is 1. The van der Waals surface area contributed by atoms with Crippen molar-refractivity contribution in [3.63, 3.8) is 0 Å². The van der Waals surface area contributed by atoms with Crippen molar-refractivity contribution in [3.8, 4) is 11.3 Å². The van der Waals surface area contributed by atoms with E-state index in [9.17, 15) is 9.18 Å². The van der Waals surface area contributed by atoms with Crippen LogP contribution in [0.4, 0.5) is 10.2 Å². The predicted octanol–water partition coefficient (Wildman–Crippen LogP) is 3.30. The molecule has 5 nitrogen and oxygen atoms in total. The lowest BCUT2D eigenvalue weighted by Gasteiger charge is -2.07. The smallest absolute Gasteiger partial charge is 0.231 e. The van der Waals surface area contributed by atoms with Crippen molar-refractivity contribution in [2.24, 2.45) is 5.92 Å². The van der Waals surface area contributed by atoms with Gasteiger partial charge in [-0.3, -0.25) is 14.8 Å². The van der Waals surface area contributed by atoms with Gasteiger partial charge in [-0.2, -0.15) is 0 Å². The summed E-state index contributed by atoms with van der Waals surface area (Å²) in [5.74, 6) is -0.430. The number of aromatic nitrogens is 3. The van der Waals surface area contributed by atoms with E-state index < -0.39 is 12.1 Å². The maximum absolute atomic E-state index is 12.9. The number of alkyl halides is 1. The maximum Gasteiger partial charge on any atom is 0.231 e. The van der Waals surface area contributed by atoms with E-state index in [2.05, 4.69) is 20.3 Å². The van der Waals surface area contributed by atoms with Crippen LogP contribution in [0.1, 0.15) is 12.0 Å². The van der Waals surface area contributed by atoms with Gasteiger partial charge in [-0.15, -0.1) is 0 Å². The second-order valence-electron chi connectivity index (χ2n) is 6.02. The van der Waals surface area contributed by atoms with Crippen LogP contribution in [0.15, 0.2) is 43.0 Å². The van der Waals surface area contributed by atoms with Crippen molar-refractivity contribution in [1.82, 2.24) is 15.0 Å². The lowest BCUT2D eigenvalue weighted by atomic mass is 10.1. The summed E-state index contributed by atoms with van der Waals surface area (Å²) >= 11 is 0. The van der Waals surface area contributed by atoms with Gasteiger partial charge in [0.15, 0.2) is 0 Å². The van der Waals surface area contributed by atoms with Gasteiger partial charge in [0.1, 0.15) is 12.0 Å². The summed E-state index contributed by atoms with van der Waals surface area (Å²) in [7, 11) is 0. The minimum absolute atomic E-state index is 0.300. The van der Waals surface area contributed by atoms with Crippen LogP contribution in [-0.4, -0.2) is 27.0 Å². The summed E-state index contributed by atoms with van der Waals surface area (Å²) in [5.41, 5.74) is 2.89. The Morgan fingerprint density at radius 1 is 1.21 bits per heavy atom. The van der Waals surface area contributed by atoms with Gasteiger partial charge in [-0.25, -0.2) is 9.37 Å². The van der Waals surface area contributed by atoms with E-state index >= 15 is 0 Å². The predicted molar refractivity (Wildman–Crippen MR) is 89.1 cm³/mol. The van der Waals surface area contributed by atoms with Gasteiger partial charge >= 0.3 is 0 Å². The molecule has 0 aromatic carbocycles. The van der Waals surface area contributed by atoms with Crippen molar-refractivity contribution >= 4 is 22.5 Å². The minimum atomic E-state index is -1.02. The molecular weight excluding hydrogens is 307 g/mol. The van der Waals surface area contributed by atoms with Crippen LogP contribution in [0.25, 0.3) is 22.0 Å². The molecule has 0 saturated heterocycles. The van der Waals surface area contributed by atoms with Crippen molar-refractivity contribution < 1.29 is 9.18 Å². The van der Waals surface area contributed by atoms with Gasteiger partial charge in [0, 0.05) is 41.1 Å². The summed E-state index contributed by atoms with van der Waals surface area (Å²) in [4.78, 5) is 24.6. The lowest BCUT2D eigenvalue weighted by molar-refractivity contribution is -0.117. The van der Waals surface area contributed by atoms with Crippen LogP contribution in [0.5, 0.6) is 0 Å². The Kier molecular flexibility index (Phi) is 3.45. The zero-order valence-corrected chi connectivity index (χ0v) is 13.0. The number of amides is 1. The third-order valence-electron chi connectivity index (χ3n) is 4.22. The molecule has 3 heterocycles. The number of anilines is 1. The normalized spacial score (nSPS) is 19.2. The average molecular weight is 322 g/mol. The van der Waals surface area contributed by atoms with Gasteiger partial charge < -0.3 is 5.32 Å². The molecule has 0 radical (unpaired) electrons. The summed E-state index contributed by atoms with van der Waals surface area (Å²) in [6, 6.07) is 5.63. The molecule has 3 aromatic heterocycles. The van der Waals surface area contributed by atoms with Crippen LogP contribution in [0, 0.1) is 12.8 Å². The SMILES string of the molecule is Cc1ccncc1-c1cc2cnc(NC(=O)[C@H]3C[C@@H]3F)cc2cn1. The fourth-order valence-corrected chi connectivity index (χ4v) is 2.64. The second kappa shape index (κ2) is 5.63. The molecule has 24 heavy (non-hydrogen) atoms. The number of fused-ring (bicyclic) bond motifs is 1. The number of carbonyl (C=O) groups is 1. The molecule has 2 atom stereocenters. The molecule has 3 aromatic rings. The van der Waals surface area contributed by atoms with E-state index in [1.165, 1.54) is 0 Å². The van der Waals surface area contributed by atoms with E-state index in [0.717, 1.165) is 27.6 Å². The van der Waals surface area contributed by atoms with Crippen LogP contribution in [0.2, 0.25) is 0 Å². The second-order valence-corrected chi connectivity index (χ2v) is 6.02. The molecular formula is C18H15FN4O. The lowest BCUT2D eigenvalue weighted by Crippen LogP contribution is -2.15. The third kappa shape index (κ3) is 2.71. The standard InChI is InChI=1S/C18H15FN4O/c1-10-2-3-20-9-14(10)16-4-11-8-22-17(5-12(11)7-21-16)23-18(24)13-6-15(13)19/h2-5,7-9,13,15H,6H2,1H3,(H,22,23,24)/t13-,15-/m0/s1. The zero-order valence-electron chi connectivity index (χ0n) is 13.0. The molecule has 4 rings (SSSR count). The molecule has 1 saturated carbocycles. The Bertz CT molecular complexity index is 943. The van der Waals surface area contributed by atoms with Gasteiger partial charge in [0.25, 0.3) is 0 Å².